The third-order valence-corrected chi connectivity index (χ3v) is 4.03. The Morgan fingerprint density at radius 3 is 2.65 bits per heavy atom. The van der Waals surface area contributed by atoms with E-state index in [4.69, 9.17) is 5.84 Å². The van der Waals surface area contributed by atoms with Crippen molar-refractivity contribution in [1.29, 1.82) is 0 Å². The number of likely N-dealkylation sites (tertiary alicyclic amines) is 1. The van der Waals surface area contributed by atoms with Crippen LogP contribution in [0.1, 0.15) is 38.7 Å². The lowest BCUT2D eigenvalue weighted by Gasteiger charge is -2.36. The molecule has 112 valence electrons. The molecule has 2 heterocycles. The van der Waals surface area contributed by atoms with E-state index in [1.165, 1.54) is 0 Å². The lowest BCUT2D eigenvalue weighted by atomic mass is 9.93. The number of hydrogen-bond donors (Lipinski definition) is 3. The zero-order valence-electron chi connectivity index (χ0n) is 12.8. The molecule has 0 aliphatic carbocycles. The molecule has 1 aromatic heterocycles. The van der Waals surface area contributed by atoms with Crippen molar-refractivity contribution in [3.05, 3.63) is 11.9 Å². The highest BCUT2D eigenvalue weighted by atomic mass is 15.3. The van der Waals surface area contributed by atoms with Crippen LogP contribution in [0.3, 0.4) is 0 Å². The maximum Gasteiger partial charge on any atom is 0.148 e. The molecule has 2 atom stereocenters. The number of aromatic nitrogens is 2. The first kappa shape index (κ1) is 15.0. The SMILES string of the molecule is CC(C)c1c(NN)ncnc1NC1CCN(C)CC1C. The van der Waals surface area contributed by atoms with Gasteiger partial charge in [0.2, 0.25) is 0 Å². The fraction of sp³-hybridized carbons (Fsp3) is 0.714. The highest BCUT2D eigenvalue weighted by Crippen LogP contribution is 2.30. The molecule has 6 nitrogen and oxygen atoms in total. The van der Waals surface area contributed by atoms with E-state index in [-0.39, 0.29) is 0 Å². The molecule has 4 N–H and O–H groups in total. The van der Waals surface area contributed by atoms with Gasteiger partial charge in [-0.1, -0.05) is 20.8 Å². The molecule has 6 heteroatoms. The van der Waals surface area contributed by atoms with Gasteiger partial charge >= 0.3 is 0 Å². The van der Waals surface area contributed by atoms with Crippen LogP contribution < -0.4 is 16.6 Å². The van der Waals surface area contributed by atoms with Gasteiger partial charge in [0.15, 0.2) is 0 Å². The largest absolute Gasteiger partial charge is 0.367 e. The molecule has 2 rings (SSSR count). The fourth-order valence-electron chi connectivity index (χ4n) is 2.92. The number of anilines is 2. The average molecular weight is 278 g/mol. The molecule has 20 heavy (non-hydrogen) atoms. The van der Waals surface area contributed by atoms with Crippen molar-refractivity contribution in [1.82, 2.24) is 14.9 Å². The summed E-state index contributed by atoms with van der Waals surface area (Å²) >= 11 is 0. The van der Waals surface area contributed by atoms with Gasteiger partial charge in [0.05, 0.1) is 0 Å². The second-order valence-electron chi connectivity index (χ2n) is 6.06. The standard InChI is InChI=1S/C14H26N6/c1-9(2)12-13(16-8-17-14(12)19-15)18-11-5-6-20(4)7-10(11)3/h8-11H,5-7,15H2,1-4H3,(H2,16,17,18,19). The van der Waals surface area contributed by atoms with Gasteiger partial charge in [-0.3, -0.25) is 0 Å². The highest BCUT2D eigenvalue weighted by molar-refractivity contribution is 5.58. The molecule has 0 aromatic carbocycles. The third-order valence-electron chi connectivity index (χ3n) is 4.03. The molecule has 2 unspecified atom stereocenters. The van der Waals surface area contributed by atoms with Crippen molar-refractivity contribution in [2.24, 2.45) is 11.8 Å². The van der Waals surface area contributed by atoms with E-state index in [9.17, 15) is 0 Å². The summed E-state index contributed by atoms with van der Waals surface area (Å²) in [7, 11) is 2.17. The van der Waals surface area contributed by atoms with E-state index in [0.29, 0.717) is 23.7 Å². The molecule has 0 saturated carbocycles. The molecule has 1 fully saturated rings. The van der Waals surface area contributed by atoms with E-state index in [1.807, 2.05) is 0 Å². The first-order valence-electron chi connectivity index (χ1n) is 7.29. The summed E-state index contributed by atoms with van der Waals surface area (Å²) in [4.78, 5) is 11.0. The summed E-state index contributed by atoms with van der Waals surface area (Å²) in [6.07, 6.45) is 2.69. The van der Waals surface area contributed by atoms with Crippen LogP contribution >= 0.6 is 0 Å². The Hall–Kier alpha value is -1.40. The molecule has 0 bridgehead atoms. The van der Waals surface area contributed by atoms with Crippen molar-refractivity contribution in [2.45, 2.75) is 39.2 Å². The van der Waals surface area contributed by atoms with Crippen LogP contribution in [0.2, 0.25) is 0 Å². The van der Waals surface area contributed by atoms with Crippen LogP contribution in [0.4, 0.5) is 11.6 Å². The number of nitrogens with two attached hydrogens (primary N) is 1. The summed E-state index contributed by atoms with van der Waals surface area (Å²) in [5.74, 6) is 8.08. The van der Waals surface area contributed by atoms with Crippen molar-refractivity contribution < 1.29 is 0 Å². The predicted molar refractivity (Wildman–Crippen MR) is 82.6 cm³/mol. The first-order valence-corrected chi connectivity index (χ1v) is 7.29. The number of piperidine rings is 1. The van der Waals surface area contributed by atoms with E-state index < -0.39 is 0 Å². The van der Waals surface area contributed by atoms with Crippen molar-refractivity contribution >= 4 is 11.6 Å². The summed E-state index contributed by atoms with van der Waals surface area (Å²) < 4.78 is 0. The molecular formula is C14H26N6. The second-order valence-corrected chi connectivity index (χ2v) is 6.06. The maximum absolute atomic E-state index is 5.56. The normalized spacial score (nSPS) is 23.9. The second kappa shape index (κ2) is 6.37. The number of nitrogen functional groups attached to an aromatic ring is 1. The maximum atomic E-state index is 5.56. The van der Waals surface area contributed by atoms with Gasteiger partial charge in [0, 0.05) is 18.2 Å². The minimum absolute atomic E-state index is 0.311. The quantitative estimate of drug-likeness (QED) is 0.574. The van der Waals surface area contributed by atoms with Crippen LogP contribution in [0.5, 0.6) is 0 Å². The zero-order chi connectivity index (χ0) is 14.7. The predicted octanol–water partition coefficient (Wildman–Crippen LogP) is 1.64. The number of hydrazine groups is 1. The summed E-state index contributed by atoms with van der Waals surface area (Å²) in [5, 5.41) is 3.60. The average Bonchev–Trinajstić information content (AvgIpc) is 2.41. The molecular weight excluding hydrogens is 252 g/mol. The van der Waals surface area contributed by atoms with Crippen molar-refractivity contribution in [3.63, 3.8) is 0 Å². The molecule has 1 aromatic rings. The summed E-state index contributed by atoms with van der Waals surface area (Å²) in [6.45, 7) is 8.77. The molecule has 1 aliphatic rings. The lowest BCUT2D eigenvalue weighted by molar-refractivity contribution is 0.206. The third kappa shape index (κ3) is 3.19. The Kier molecular flexibility index (Phi) is 4.77. The van der Waals surface area contributed by atoms with Gasteiger partial charge in [-0.2, -0.15) is 0 Å². The van der Waals surface area contributed by atoms with E-state index in [1.54, 1.807) is 6.33 Å². The van der Waals surface area contributed by atoms with Crippen LogP contribution in [0.25, 0.3) is 0 Å². The Morgan fingerprint density at radius 2 is 2.05 bits per heavy atom. The van der Waals surface area contributed by atoms with E-state index in [2.05, 4.69) is 53.4 Å². The number of hydrogen-bond acceptors (Lipinski definition) is 6. The molecule has 1 aliphatic heterocycles. The van der Waals surface area contributed by atoms with Gasteiger partial charge in [0.25, 0.3) is 0 Å². The minimum Gasteiger partial charge on any atom is -0.367 e. The summed E-state index contributed by atoms with van der Waals surface area (Å²) in [5.41, 5.74) is 3.73. The molecule has 0 amide bonds. The van der Waals surface area contributed by atoms with Gasteiger partial charge in [-0.15, -0.1) is 0 Å². The minimum atomic E-state index is 0.311. The van der Waals surface area contributed by atoms with Gasteiger partial charge < -0.3 is 15.6 Å². The monoisotopic (exact) mass is 278 g/mol. The van der Waals surface area contributed by atoms with Crippen LogP contribution in [-0.2, 0) is 0 Å². The topological polar surface area (TPSA) is 79.1 Å². The van der Waals surface area contributed by atoms with Gasteiger partial charge in [-0.05, 0) is 31.8 Å². The first-order chi connectivity index (χ1) is 9.52. The Balaban J connectivity index is 2.20. The van der Waals surface area contributed by atoms with E-state index >= 15 is 0 Å². The Labute approximate surface area is 121 Å². The lowest BCUT2D eigenvalue weighted by Crippen LogP contribution is -2.43. The Bertz CT molecular complexity index is 447. The fourth-order valence-corrected chi connectivity index (χ4v) is 2.92. The van der Waals surface area contributed by atoms with Crippen LogP contribution in [0.15, 0.2) is 6.33 Å². The van der Waals surface area contributed by atoms with Crippen LogP contribution in [-0.4, -0.2) is 41.0 Å². The summed E-state index contributed by atoms with van der Waals surface area (Å²) in [6, 6.07) is 0.448. The van der Waals surface area contributed by atoms with E-state index in [0.717, 1.165) is 30.9 Å². The van der Waals surface area contributed by atoms with Crippen LogP contribution in [0, 0.1) is 5.92 Å². The highest BCUT2D eigenvalue weighted by Gasteiger charge is 2.26. The molecule has 0 radical (unpaired) electrons. The van der Waals surface area contributed by atoms with Crippen molar-refractivity contribution in [3.8, 4) is 0 Å². The number of rotatable bonds is 4. The Morgan fingerprint density at radius 1 is 1.35 bits per heavy atom. The van der Waals surface area contributed by atoms with Gasteiger partial charge in [-0.25, -0.2) is 15.8 Å². The number of nitrogens with one attached hydrogen (secondary N) is 2. The molecule has 1 saturated heterocycles. The smallest absolute Gasteiger partial charge is 0.148 e. The van der Waals surface area contributed by atoms with Crippen molar-refractivity contribution in [2.75, 3.05) is 30.9 Å². The zero-order valence-corrected chi connectivity index (χ0v) is 12.8. The number of nitrogens with zero attached hydrogens (tertiary/aromatic N) is 3. The molecule has 0 spiro atoms. The van der Waals surface area contributed by atoms with Gasteiger partial charge in [0.1, 0.15) is 18.0 Å².